The number of hydrogen-bond donors (Lipinski definition) is 2. The molecule has 1 atom stereocenters. The van der Waals surface area contributed by atoms with E-state index in [4.69, 9.17) is 23.2 Å². The van der Waals surface area contributed by atoms with Gasteiger partial charge < -0.3 is 10.4 Å². The number of rotatable bonds is 4. The summed E-state index contributed by atoms with van der Waals surface area (Å²) in [7, 11) is 0. The number of nitrogens with one attached hydrogen (secondary N) is 1. The molecule has 2 N–H and O–H groups in total. The first kappa shape index (κ1) is 15.6. The molecule has 108 valence electrons. The molecule has 1 unspecified atom stereocenters. The lowest BCUT2D eigenvalue weighted by molar-refractivity contribution is 0.460. The molecule has 1 heterocycles. The van der Waals surface area contributed by atoms with Crippen LogP contribution in [0.2, 0.25) is 10.0 Å². The summed E-state index contributed by atoms with van der Waals surface area (Å²) in [6.45, 7) is 6.86. The molecule has 0 aliphatic heterocycles. The summed E-state index contributed by atoms with van der Waals surface area (Å²) in [5, 5.41) is 14.1. The lowest BCUT2D eigenvalue weighted by Crippen LogP contribution is -2.18. The van der Waals surface area contributed by atoms with Crippen molar-refractivity contribution in [1.29, 1.82) is 0 Å². The Morgan fingerprint density at radius 2 is 1.95 bits per heavy atom. The summed E-state index contributed by atoms with van der Waals surface area (Å²) < 4.78 is 0. The van der Waals surface area contributed by atoms with Crippen LogP contribution in [-0.2, 0) is 6.54 Å². The van der Waals surface area contributed by atoms with Crippen LogP contribution in [0.1, 0.15) is 33.8 Å². The Bertz CT molecular complexity index is 625. The Kier molecular flexibility index (Phi) is 4.97. The van der Waals surface area contributed by atoms with Crippen molar-refractivity contribution in [1.82, 2.24) is 5.32 Å². The normalized spacial score (nSPS) is 12.7. The molecule has 1 aromatic heterocycles. The first-order valence-corrected chi connectivity index (χ1v) is 7.93. The summed E-state index contributed by atoms with van der Waals surface area (Å²) in [6, 6.07) is 5.67. The van der Waals surface area contributed by atoms with E-state index in [2.05, 4.69) is 32.2 Å². The highest BCUT2D eigenvalue weighted by Crippen LogP contribution is 2.32. The highest BCUT2D eigenvalue weighted by molar-refractivity contribution is 7.12. The fourth-order valence-electron chi connectivity index (χ4n) is 2.21. The first-order chi connectivity index (χ1) is 9.38. The maximum Gasteiger partial charge on any atom is 0.138 e. The van der Waals surface area contributed by atoms with Gasteiger partial charge in [-0.15, -0.1) is 11.3 Å². The minimum absolute atomic E-state index is 0.0917. The van der Waals surface area contributed by atoms with Crippen LogP contribution >= 0.6 is 34.5 Å². The number of benzene rings is 1. The second-order valence-corrected chi connectivity index (χ2v) is 7.17. The molecule has 20 heavy (non-hydrogen) atoms. The Balaban J connectivity index is 2.11. The SMILES string of the molecule is Cc1cc(C(C)NCc2cc(Cl)cc(Cl)c2O)c(C)s1. The van der Waals surface area contributed by atoms with Gasteiger partial charge >= 0.3 is 0 Å². The molecule has 0 fully saturated rings. The van der Waals surface area contributed by atoms with Crippen molar-refractivity contribution in [3.05, 3.63) is 49.1 Å². The van der Waals surface area contributed by atoms with Gasteiger partial charge in [-0.3, -0.25) is 0 Å². The molecule has 0 aliphatic carbocycles. The van der Waals surface area contributed by atoms with Crippen LogP contribution in [0.3, 0.4) is 0 Å². The number of phenolic OH excluding ortho intramolecular Hbond substituents is 1. The molecule has 0 aliphatic rings. The van der Waals surface area contributed by atoms with E-state index < -0.39 is 0 Å². The zero-order chi connectivity index (χ0) is 14.9. The third-order valence-corrected chi connectivity index (χ3v) is 4.74. The smallest absolute Gasteiger partial charge is 0.138 e. The van der Waals surface area contributed by atoms with Gasteiger partial charge in [0.25, 0.3) is 0 Å². The molecular weight excluding hydrogens is 313 g/mol. The minimum atomic E-state index is 0.0917. The van der Waals surface area contributed by atoms with Crippen molar-refractivity contribution in [2.75, 3.05) is 0 Å². The van der Waals surface area contributed by atoms with Crippen LogP contribution in [0.4, 0.5) is 0 Å². The number of phenols is 1. The zero-order valence-corrected chi connectivity index (χ0v) is 14.0. The van der Waals surface area contributed by atoms with Gasteiger partial charge in [-0.2, -0.15) is 0 Å². The highest BCUT2D eigenvalue weighted by atomic mass is 35.5. The van der Waals surface area contributed by atoms with Crippen molar-refractivity contribution in [3.63, 3.8) is 0 Å². The van der Waals surface area contributed by atoms with E-state index in [0.29, 0.717) is 17.1 Å². The summed E-state index contributed by atoms with van der Waals surface area (Å²) in [6.07, 6.45) is 0. The molecule has 0 saturated carbocycles. The van der Waals surface area contributed by atoms with Crippen molar-refractivity contribution < 1.29 is 5.11 Å². The van der Waals surface area contributed by atoms with Gasteiger partial charge in [0.15, 0.2) is 0 Å². The molecule has 5 heteroatoms. The lowest BCUT2D eigenvalue weighted by Gasteiger charge is -2.15. The fourth-order valence-corrected chi connectivity index (χ4v) is 3.77. The summed E-state index contributed by atoms with van der Waals surface area (Å²) in [5.74, 6) is 0.0917. The van der Waals surface area contributed by atoms with Gasteiger partial charge in [-0.1, -0.05) is 23.2 Å². The van der Waals surface area contributed by atoms with Crippen LogP contribution in [0.25, 0.3) is 0 Å². The van der Waals surface area contributed by atoms with E-state index in [1.807, 2.05) is 0 Å². The zero-order valence-electron chi connectivity index (χ0n) is 11.6. The molecule has 1 aromatic carbocycles. The number of aromatic hydroxyl groups is 1. The number of halogens is 2. The van der Waals surface area contributed by atoms with E-state index in [1.165, 1.54) is 21.4 Å². The second kappa shape index (κ2) is 6.35. The molecule has 2 rings (SSSR count). The number of thiophene rings is 1. The quantitative estimate of drug-likeness (QED) is 0.805. The molecule has 0 spiro atoms. The van der Waals surface area contributed by atoms with E-state index in [-0.39, 0.29) is 16.8 Å². The monoisotopic (exact) mass is 329 g/mol. The molecule has 0 amide bonds. The first-order valence-electron chi connectivity index (χ1n) is 6.35. The standard InChI is InChI=1S/C15H17Cl2NOS/c1-8-4-13(10(3)20-8)9(2)18-7-11-5-12(16)6-14(17)15(11)19/h4-6,9,18-19H,7H2,1-3H3. The molecule has 2 nitrogen and oxygen atoms in total. The average Bonchev–Trinajstić information content (AvgIpc) is 2.71. The lowest BCUT2D eigenvalue weighted by atomic mass is 10.1. The third-order valence-electron chi connectivity index (χ3n) is 3.25. The van der Waals surface area contributed by atoms with E-state index >= 15 is 0 Å². The largest absolute Gasteiger partial charge is 0.506 e. The number of hydrogen-bond acceptors (Lipinski definition) is 3. The molecular formula is C15H17Cl2NOS. The Hall–Kier alpha value is -0.740. The van der Waals surface area contributed by atoms with Gasteiger partial charge in [0.1, 0.15) is 5.75 Å². The maximum atomic E-state index is 9.94. The van der Waals surface area contributed by atoms with Gasteiger partial charge in [0, 0.05) is 32.9 Å². The maximum absolute atomic E-state index is 9.94. The molecule has 0 saturated heterocycles. The molecule has 0 bridgehead atoms. The van der Waals surface area contributed by atoms with E-state index in [1.54, 1.807) is 17.4 Å². The van der Waals surface area contributed by atoms with E-state index in [9.17, 15) is 5.11 Å². The predicted octanol–water partition coefficient (Wildman–Crippen LogP) is 5.23. The average molecular weight is 330 g/mol. The van der Waals surface area contributed by atoms with Gasteiger partial charge in [0.05, 0.1) is 5.02 Å². The highest BCUT2D eigenvalue weighted by Gasteiger charge is 2.13. The number of aryl methyl sites for hydroxylation is 2. The Morgan fingerprint density at radius 3 is 2.55 bits per heavy atom. The Labute approximate surface area is 133 Å². The second-order valence-electron chi connectivity index (χ2n) is 4.87. The van der Waals surface area contributed by atoms with Crippen LogP contribution < -0.4 is 5.32 Å². The topological polar surface area (TPSA) is 32.3 Å². The van der Waals surface area contributed by atoms with E-state index in [0.717, 1.165) is 0 Å². The summed E-state index contributed by atoms with van der Waals surface area (Å²) >= 11 is 13.7. The third kappa shape index (κ3) is 3.47. The van der Waals surface area contributed by atoms with Crippen LogP contribution in [0, 0.1) is 13.8 Å². The van der Waals surface area contributed by atoms with Crippen LogP contribution in [-0.4, -0.2) is 5.11 Å². The summed E-state index contributed by atoms with van der Waals surface area (Å²) in [4.78, 5) is 2.62. The molecule has 2 aromatic rings. The Morgan fingerprint density at radius 1 is 1.25 bits per heavy atom. The van der Waals surface area contributed by atoms with Crippen molar-refractivity contribution in [2.45, 2.75) is 33.4 Å². The van der Waals surface area contributed by atoms with Crippen LogP contribution in [0.15, 0.2) is 18.2 Å². The van der Waals surface area contributed by atoms with Gasteiger partial charge in [-0.25, -0.2) is 0 Å². The van der Waals surface area contributed by atoms with Gasteiger partial charge in [0.2, 0.25) is 0 Å². The van der Waals surface area contributed by atoms with Gasteiger partial charge in [-0.05, 0) is 44.5 Å². The summed E-state index contributed by atoms with van der Waals surface area (Å²) in [5.41, 5.74) is 2.00. The predicted molar refractivity (Wildman–Crippen MR) is 87.2 cm³/mol. The minimum Gasteiger partial charge on any atom is -0.506 e. The van der Waals surface area contributed by atoms with Crippen molar-refractivity contribution >= 4 is 34.5 Å². The van der Waals surface area contributed by atoms with Crippen LogP contribution in [0.5, 0.6) is 5.75 Å². The van der Waals surface area contributed by atoms with Crippen molar-refractivity contribution in [2.24, 2.45) is 0 Å². The fraction of sp³-hybridized carbons (Fsp3) is 0.333. The van der Waals surface area contributed by atoms with Crippen molar-refractivity contribution in [3.8, 4) is 5.75 Å². The molecule has 0 radical (unpaired) electrons.